The van der Waals surface area contributed by atoms with Crippen LogP contribution in [0.4, 0.5) is 0 Å². The first-order valence-electron chi connectivity index (χ1n) is 7.98. The highest BCUT2D eigenvalue weighted by Crippen LogP contribution is 2.11. The van der Waals surface area contributed by atoms with E-state index < -0.39 is 0 Å². The molecule has 1 aliphatic heterocycles. The molecule has 0 spiro atoms. The second-order valence-electron chi connectivity index (χ2n) is 6.04. The molecule has 1 amide bonds. The van der Waals surface area contributed by atoms with Gasteiger partial charge in [0, 0.05) is 6.04 Å². The van der Waals surface area contributed by atoms with Crippen molar-refractivity contribution in [1.29, 1.82) is 0 Å². The highest BCUT2D eigenvalue weighted by atomic mass is 32.1. The van der Waals surface area contributed by atoms with Gasteiger partial charge in [0.2, 0.25) is 5.91 Å². The number of aromatic nitrogens is 4. The Bertz CT molecular complexity index is 620. The molecule has 0 radical (unpaired) electrons. The topological polar surface area (TPSA) is 75.9 Å². The predicted octanol–water partition coefficient (Wildman–Crippen LogP) is 1.08. The van der Waals surface area contributed by atoms with Crippen LogP contribution in [0.2, 0.25) is 0 Å². The molecule has 1 aliphatic rings. The minimum Gasteiger partial charge on any atom is -0.352 e. The summed E-state index contributed by atoms with van der Waals surface area (Å²) in [6.07, 6.45) is 3.29. The van der Waals surface area contributed by atoms with E-state index in [1.807, 2.05) is 6.92 Å². The van der Waals surface area contributed by atoms with E-state index in [4.69, 9.17) is 0 Å². The SMILES string of the molecule is C[C@H](Cc1ccsc1)NC(=O)Cn1nnnc1CN1CCCC1. The number of nitrogens with one attached hydrogen (secondary N) is 1. The van der Waals surface area contributed by atoms with Crippen LogP contribution in [-0.2, 0) is 24.3 Å². The molecule has 0 saturated carbocycles. The molecule has 1 N–H and O–H groups in total. The first kappa shape index (κ1) is 16.1. The van der Waals surface area contributed by atoms with Gasteiger partial charge in [0.15, 0.2) is 5.82 Å². The zero-order valence-corrected chi connectivity index (χ0v) is 14.1. The summed E-state index contributed by atoms with van der Waals surface area (Å²) >= 11 is 1.67. The van der Waals surface area contributed by atoms with Crippen molar-refractivity contribution in [2.45, 2.75) is 45.3 Å². The van der Waals surface area contributed by atoms with Crippen molar-refractivity contribution in [1.82, 2.24) is 30.4 Å². The molecule has 3 heterocycles. The normalized spacial score (nSPS) is 16.6. The van der Waals surface area contributed by atoms with Crippen molar-refractivity contribution in [2.24, 2.45) is 0 Å². The molecular formula is C15H22N6OS. The second kappa shape index (κ2) is 7.65. The quantitative estimate of drug-likeness (QED) is 0.820. The van der Waals surface area contributed by atoms with Crippen LogP contribution in [0.5, 0.6) is 0 Å². The van der Waals surface area contributed by atoms with E-state index in [1.54, 1.807) is 16.0 Å². The molecule has 0 aromatic carbocycles. The van der Waals surface area contributed by atoms with Crippen molar-refractivity contribution < 1.29 is 4.79 Å². The standard InChI is InChI=1S/C15H22N6OS/c1-12(8-13-4-7-23-11-13)16-15(22)10-21-14(17-18-19-21)9-20-5-2-3-6-20/h4,7,11-12H,2-3,5-6,8-10H2,1H3,(H,16,22)/t12-/m1/s1. The van der Waals surface area contributed by atoms with Gasteiger partial charge in [0.1, 0.15) is 6.54 Å². The van der Waals surface area contributed by atoms with Crippen molar-refractivity contribution in [3.63, 3.8) is 0 Å². The fourth-order valence-corrected chi connectivity index (χ4v) is 3.55. The predicted molar refractivity (Wildman–Crippen MR) is 88.0 cm³/mol. The summed E-state index contributed by atoms with van der Waals surface area (Å²) in [4.78, 5) is 14.5. The number of carbonyl (C=O) groups is 1. The number of hydrogen-bond acceptors (Lipinski definition) is 6. The Morgan fingerprint density at radius 3 is 3.00 bits per heavy atom. The highest BCUT2D eigenvalue weighted by molar-refractivity contribution is 7.07. The molecule has 0 aliphatic carbocycles. The highest BCUT2D eigenvalue weighted by Gasteiger charge is 2.17. The molecule has 1 fully saturated rings. The van der Waals surface area contributed by atoms with Crippen LogP contribution >= 0.6 is 11.3 Å². The Morgan fingerprint density at radius 2 is 2.26 bits per heavy atom. The number of carbonyl (C=O) groups excluding carboxylic acids is 1. The van der Waals surface area contributed by atoms with E-state index in [0.717, 1.165) is 25.3 Å². The maximum Gasteiger partial charge on any atom is 0.242 e. The Labute approximate surface area is 139 Å². The van der Waals surface area contributed by atoms with Gasteiger partial charge in [-0.15, -0.1) is 5.10 Å². The van der Waals surface area contributed by atoms with E-state index in [0.29, 0.717) is 6.54 Å². The van der Waals surface area contributed by atoms with E-state index in [9.17, 15) is 4.79 Å². The third kappa shape index (κ3) is 4.59. The lowest BCUT2D eigenvalue weighted by atomic mass is 10.1. The molecule has 2 aromatic heterocycles. The number of tetrazole rings is 1. The largest absolute Gasteiger partial charge is 0.352 e. The summed E-state index contributed by atoms with van der Waals surface area (Å²) in [5, 5.41) is 18.9. The van der Waals surface area contributed by atoms with Crippen LogP contribution in [0, 0.1) is 0 Å². The molecule has 124 valence electrons. The average Bonchev–Trinajstić information content (AvgIpc) is 3.23. The Hall–Kier alpha value is -1.80. The number of nitrogens with zero attached hydrogens (tertiary/aromatic N) is 5. The number of rotatable bonds is 7. The zero-order chi connectivity index (χ0) is 16.1. The summed E-state index contributed by atoms with van der Waals surface area (Å²) in [5.41, 5.74) is 1.25. The number of hydrogen-bond donors (Lipinski definition) is 1. The molecule has 8 heteroatoms. The maximum atomic E-state index is 12.2. The molecule has 0 bridgehead atoms. The van der Waals surface area contributed by atoms with Crippen molar-refractivity contribution in [2.75, 3.05) is 13.1 Å². The summed E-state index contributed by atoms with van der Waals surface area (Å²) in [5.74, 6) is 0.704. The molecule has 2 aromatic rings. The van der Waals surface area contributed by atoms with Gasteiger partial charge in [-0.05, 0) is 72.1 Å². The van der Waals surface area contributed by atoms with E-state index in [1.165, 1.54) is 18.4 Å². The third-order valence-corrected chi connectivity index (χ3v) is 4.72. The summed E-state index contributed by atoms with van der Waals surface area (Å²) in [6, 6.07) is 2.18. The summed E-state index contributed by atoms with van der Waals surface area (Å²) in [7, 11) is 0. The fourth-order valence-electron chi connectivity index (χ4n) is 2.87. The lowest BCUT2D eigenvalue weighted by molar-refractivity contribution is -0.122. The van der Waals surface area contributed by atoms with Crippen molar-refractivity contribution >= 4 is 17.2 Å². The lowest BCUT2D eigenvalue weighted by Gasteiger charge is -2.15. The van der Waals surface area contributed by atoms with Crippen LogP contribution in [0.1, 0.15) is 31.2 Å². The Morgan fingerprint density at radius 1 is 1.43 bits per heavy atom. The number of amides is 1. The Balaban J connectivity index is 1.50. The maximum absolute atomic E-state index is 12.2. The smallest absolute Gasteiger partial charge is 0.242 e. The van der Waals surface area contributed by atoms with Gasteiger partial charge in [-0.1, -0.05) is 0 Å². The van der Waals surface area contributed by atoms with Gasteiger partial charge in [-0.3, -0.25) is 9.69 Å². The van der Waals surface area contributed by atoms with Crippen LogP contribution in [0.15, 0.2) is 16.8 Å². The molecule has 1 saturated heterocycles. The Kier molecular flexibility index (Phi) is 5.35. The monoisotopic (exact) mass is 334 g/mol. The van der Waals surface area contributed by atoms with Gasteiger partial charge in [-0.25, -0.2) is 4.68 Å². The first-order valence-corrected chi connectivity index (χ1v) is 8.93. The van der Waals surface area contributed by atoms with Crippen LogP contribution < -0.4 is 5.32 Å². The molecule has 23 heavy (non-hydrogen) atoms. The van der Waals surface area contributed by atoms with Gasteiger partial charge in [0.05, 0.1) is 6.54 Å². The van der Waals surface area contributed by atoms with Gasteiger partial charge in [-0.2, -0.15) is 11.3 Å². The molecular weight excluding hydrogens is 312 g/mol. The van der Waals surface area contributed by atoms with E-state index in [2.05, 4.69) is 42.6 Å². The van der Waals surface area contributed by atoms with Crippen LogP contribution in [0.3, 0.4) is 0 Å². The first-order chi connectivity index (χ1) is 11.2. The minimum absolute atomic E-state index is 0.0531. The third-order valence-electron chi connectivity index (χ3n) is 3.99. The molecule has 1 atom stereocenters. The van der Waals surface area contributed by atoms with Crippen LogP contribution in [-0.4, -0.2) is 50.1 Å². The molecule has 3 rings (SSSR count). The zero-order valence-electron chi connectivity index (χ0n) is 13.3. The second-order valence-corrected chi connectivity index (χ2v) is 6.82. The van der Waals surface area contributed by atoms with E-state index in [-0.39, 0.29) is 18.5 Å². The van der Waals surface area contributed by atoms with Gasteiger partial charge in [0.25, 0.3) is 0 Å². The minimum atomic E-state index is -0.0531. The fraction of sp³-hybridized carbons (Fsp3) is 0.600. The average molecular weight is 334 g/mol. The number of likely N-dealkylation sites (tertiary alicyclic amines) is 1. The number of thiophene rings is 1. The van der Waals surface area contributed by atoms with E-state index >= 15 is 0 Å². The molecule has 0 unspecified atom stereocenters. The van der Waals surface area contributed by atoms with Crippen molar-refractivity contribution in [3.8, 4) is 0 Å². The van der Waals surface area contributed by atoms with Gasteiger partial charge >= 0.3 is 0 Å². The lowest BCUT2D eigenvalue weighted by Crippen LogP contribution is -2.37. The van der Waals surface area contributed by atoms with Gasteiger partial charge < -0.3 is 5.32 Å². The summed E-state index contributed by atoms with van der Waals surface area (Å²) in [6.45, 7) is 5.06. The van der Waals surface area contributed by atoms with Crippen LogP contribution in [0.25, 0.3) is 0 Å². The van der Waals surface area contributed by atoms with Crippen molar-refractivity contribution in [3.05, 3.63) is 28.2 Å². The molecule has 7 nitrogen and oxygen atoms in total. The summed E-state index contributed by atoms with van der Waals surface area (Å²) < 4.78 is 1.60.